The second-order valence-corrected chi connectivity index (χ2v) is 8.47. The van der Waals surface area contributed by atoms with Crippen LogP contribution in [0.25, 0.3) is 0 Å². The Kier molecular flexibility index (Phi) is 9.82. The SMILES string of the molecule is CCc1c(Br)cc(C(CC(=O)O)NC(=O)CNC(=O)c2cccc(N=CNN)c2)c(O)c1Br. The fraction of sp³-hybridized carbons (Fsp3) is 0.238. The monoisotopic (exact) mass is 583 g/mol. The van der Waals surface area contributed by atoms with E-state index in [1.54, 1.807) is 24.3 Å². The van der Waals surface area contributed by atoms with E-state index in [0.717, 1.165) is 5.56 Å². The number of hydrogen-bond donors (Lipinski definition) is 6. The largest absolute Gasteiger partial charge is 0.506 e. The molecule has 176 valence electrons. The molecule has 33 heavy (non-hydrogen) atoms. The smallest absolute Gasteiger partial charge is 0.305 e. The maximum Gasteiger partial charge on any atom is 0.305 e. The molecule has 1 atom stereocenters. The van der Waals surface area contributed by atoms with Gasteiger partial charge in [-0.1, -0.05) is 28.9 Å². The summed E-state index contributed by atoms with van der Waals surface area (Å²) in [6, 6.07) is 6.91. The van der Waals surface area contributed by atoms with Gasteiger partial charge in [0.2, 0.25) is 5.91 Å². The van der Waals surface area contributed by atoms with Gasteiger partial charge in [-0.2, -0.15) is 0 Å². The van der Waals surface area contributed by atoms with E-state index in [1.165, 1.54) is 12.4 Å². The Hall–Kier alpha value is -2.96. The van der Waals surface area contributed by atoms with Crippen LogP contribution in [0.5, 0.6) is 5.75 Å². The van der Waals surface area contributed by atoms with Gasteiger partial charge in [0.15, 0.2) is 0 Å². The molecule has 0 spiro atoms. The van der Waals surface area contributed by atoms with Crippen LogP contribution < -0.4 is 21.9 Å². The van der Waals surface area contributed by atoms with Gasteiger partial charge in [-0.15, -0.1) is 0 Å². The normalized spacial score (nSPS) is 11.8. The predicted molar refractivity (Wildman–Crippen MR) is 130 cm³/mol. The van der Waals surface area contributed by atoms with Gasteiger partial charge in [0, 0.05) is 15.6 Å². The lowest BCUT2D eigenvalue weighted by Crippen LogP contribution is -2.39. The fourth-order valence-electron chi connectivity index (χ4n) is 3.02. The van der Waals surface area contributed by atoms with Gasteiger partial charge < -0.3 is 26.3 Å². The highest BCUT2D eigenvalue weighted by molar-refractivity contribution is 9.11. The molecule has 12 heteroatoms. The summed E-state index contributed by atoms with van der Waals surface area (Å²) in [5, 5.41) is 24.9. The average molecular weight is 585 g/mol. The number of aliphatic carboxylic acids is 1. The predicted octanol–water partition coefficient (Wildman–Crippen LogP) is 2.66. The van der Waals surface area contributed by atoms with Gasteiger partial charge in [0.05, 0.1) is 29.2 Å². The van der Waals surface area contributed by atoms with Crippen molar-refractivity contribution in [1.29, 1.82) is 0 Å². The minimum absolute atomic E-state index is 0.157. The standard InChI is InChI=1S/C21H23Br2N5O5/c1-2-13-15(22)7-14(20(32)19(13)23)16(8-18(30)31)28-17(29)9-25-21(33)11-4-3-5-12(6-11)26-10-27-24/h3-7,10,16,32H,2,8-9,24H2,1H3,(H,25,33)(H,26,27)(H,28,29)(H,30,31). The minimum Gasteiger partial charge on any atom is -0.506 e. The molecule has 0 aliphatic carbocycles. The summed E-state index contributed by atoms with van der Waals surface area (Å²) in [6.07, 6.45) is 1.41. The van der Waals surface area contributed by atoms with Crippen LogP contribution in [0.1, 0.15) is 40.9 Å². The molecule has 0 bridgehead atoms. The van der Waals surface area contributed by atoms with Crippen molar-refractivity contribution in [1.82, 2.24) is 16.1 Å². The molecule has 0 radical (unpaired) electrons. The number of halogens is 2. The van der Waals surface area contributed by atoms with Crippen molar-refractivity contribution >= 4 is 61.7 Å². The van der Waals surface area contributed by atoms with Crippen LogP contribution >= 0.6 is 31.9 Å². The Morgan fingerprint density at radius 2 is 1.97 bits per heavy atom. The van der Waals surface area contributed by atoms with Crippen molar-refractivity contribution < 1.29 is 24.6 Å². The lowest BCUT2D eigenvalue weighted by atomic mass is 9.99. The lowest BCUT2D eigenvalue weighted by Gasteiger charge is -2.21. The summed E-state index contributed by atoms with van der Waals surface area (Å²) in [5.74, 6) is 2.66. The van der Waals surface area contributed by atoms with E-state index in [2.05, 4.69) is 52.9 Å². The first kappa shape index (κ1) is 26.3. The summed E-state index contributed by atoms with van der Waals surface area (Å²) < 4.78 is 1.08. The number of carboxylic acid groups (broad SMARTS) is 1. The van der Waals surface area contributed by atoms with Crippen molar-refractivity contribution in [3.63, 3.8) is 0 Å². The molecule has 7 N–H and O–H groups in total. The fourth-order valence-corrected chi connectivity index (χ4v) is 4.73. The number of rotatable bonds is 10. The number of hydrogen-bond acceptors (Lipinski definition) is 6. The Morgan fingerprint density at radius 3 is 2.61 bits per heavy atom. The molecule has 0 aliphatic rings. The topological polar surface area (TPSA) is 166 Å². The number of amides is 2. The molecule has 1 unspecified atom stereocenters. The number of carbonyl (C=O) groups is 3. The van der Waals surface area contributed by atoms with Crippen LogP contribution in [0, 0.1) is 0 Å². The summed E-state index contributed by atoms with van der Waals surface area (Å²) in [6.45, 7) is 1.50. The van der Waals surface area contributed by atoms with Crippen molar-refractivity contribution in [2.75, 3.05) is 6.54 Å². The van der Waals surface area contributed by atoms with Gasteiger partial charge in [-0.25, -0.2) is 10.8 Å². The molecular formula is C21H23Br2N5O5. The molecule has 2 aromatic carbocycles. The Bertz CT molecular complexity index is 1080. The summed E-state index contributed by atoms with van der Waals surface area (Å²) in [5.41, 5.74) is 4.04. The minimum atomic E-state index is -1.17. The van der Waals surface area contributed by atoms with Crippen LogP contribution in [-0.2, 0) is 16.0 Å². The third kappa shape index (κ3) is 7.27. The van der Waals surface area contributed by atoms with E-state index in [9.17, 15) is 24.6 Å². The highest BCUT2D eigenvalue weighted by Gasteiger charge is 2.25. The van der Waals surface area contributed by atoms with Gasteiger partial charge in [-0.3, -0.25) is 14.4 Å². The molecular weight excluding hydrogens is 562 g/mol. The van der Waals surface area contributed by atoms with E-state index < -0.39 is 36.8 Å². The summed E-state index contributed by atoms with van der Waals surface area (Å²) in [7, 11) is 0. The van der Waals surface area contributed by atoms with E-state index in [4.69, 9.17) is 5.84 Å². The number of phenolic OH excluding ortho intramolecular Hbond substituents is 1. The molecule has 0 saturated carbocycles. The van der Waals surface area contributed by atoms with E-state index in [1.807, 2.05) is 6.92 Å². The number of carbonyl (C=O) groups excluding carboxylic acids is 2. The number of carboxylic acids is 1. The Labute approximate surface area is 206 Å². The maximum atomic E-state index is 12.5. The number of nitrogens with one attached hydrogen (secondary N) is 3. The zero-order valence-electron chi connectivity index (χ0n) is 17.6. The highest BCUT2D eigenvalue weighted by Crippen LogP contribution is 2.40. The third-order valence-corrected chi connectivity index (χ3v) is 6.13. The highest BCUT2D eigenvalue weighted by atomic mass is 79.9. The molecule has 2 amide bonds. The Balaban J connectivity index is 2.13. The zero-order chi connectivity index (χ0) is 24.5. The molecule has 2 rings (SSSR count). The summed E-state index contributed by atoms with van der Waals surface area (Å²) in [4.78, 5) is 40.2. The van der Waals surface area contributed by atoms with Crippen molar-refractivity contribution in [2.45, 2.75) is 25.8 Å². The lowest BCUT2D eigenvalue weighted by molar-refractivity contribution is -0.137. The Morgan fingerprint density at radius 1 is 1.24 bits per heavy atom. The van der Waals surface area contributed by atoms with Crippen LogP contribution in [0.2, 0.25) is 0 Å². The van der Waals surface area contributed by atoms with Gasteiger partial charge in [0.1, 0.15) is 12.1 Å². The van der Waals surface area contributed by atoms with Crippen molar-refractivity contribution in [3.05, 3.63) is 56.0 Å². The first-order chi connectivity index (χ1) is 15.7. The molecule has 10 nitrogen and oxygen atoms in total. The number of aromatic hydroxyl groups is 1. The quantitative estimate of drug-likeness (QED) is 0.108. The second-order valence-electron chi connectivity index (χ2n) is 6.82. The van der Waals surface area contributed by atoms with Gasteiger partial charge in [0.25, 0.3) is 5.91 Å². The zero-order valence-corrected chi connectivity index (χ0v) is 20.7. The summed E-state index contributed by atoms with van der Waals surface area (Å²) >= 11 is 6.73. The van der Waals surface area contributed by atoms with Gasteiger partial charge >= 0.3 is 5.97 Å². The number of hydrazine groups is 1. The number of phenols is 1. The number of benzene rings is 2. The molecule has 0 fully saturated rings. The molecule has 0 heterocycles. The van der Waals surface area contributed by atoms with E-state index >= 15 is 0 Å². The molecule has 0 saturated heterocycles. The third-order valence-electron chi connectivity index (χ3n) is 4.57. The van der Waals surface area contributed by atoms with Crippen LogP contribution in [0.4, 0.5) is 5.69 Å². The number of nitrogens with zero attached hydrogens (tertiary/aromatic N) is 1. The van der Waals surface area contributed by atoms with Crippen molar-refractivity contribution in [3.8, 4) is 5.75 Å². The van der Waals surface area contributed by atoms with E-state index in [0.29, 0.717) is 21.1 Å². The number of aliphatic imine (C=N–C) groups is 1. The molecule has 0 aliphatic heterocycles. The van der Waals surface area contributed by atoms with E-state index in [-0.39, 0.29) is 16.9 Å². The second kappa shape index (κ2) is 12.3. The first-order valence-electron chi connectivity index (χ1n) is 9.75. The number of nitrogens with two attached hydrogens (primary N) is 1. The van der Waals surface area contributed by atoms with Crippen LogP contribution in [-0.4, -0.2) is 40.9 Å². The van der Waals surface area contributed by atoms with Gasteiger partial charge in [-0.05, 0) is 52.2 Å². The average Bonchev–Trinajstić information content (AvgIpc) is 2.78. The maximum absolute atomic E-state index is 12.5. The van der Waals surface area contributed by atoms with Crippen LogP contribution in [0.3, 0.4) is 0 Å². The van der Waals surface area contributed by atoms with Crippen LogP contribution in [0.15, 0.2) is 44.3 Å². The van der Waals surface area contributed by atoms with Crippen molar-refractivity contribution in [2.24, 2.45) is 10.8 Å². The first-order valence-corrected chi connectivity index (χ1v) is 11.3. The molecule has 0 aromatic heterocycles. The molecule has 2 aromatic rings.